The van der Waals surface area contributed by atoms with Crippen molar-refractivity contribution in [2.45, 2.75) is 13.0 Å². The lowest BCUT2D eigenvalue weighted by atomic mass is 10.2. The fourth-order valence-electron chi connectivity index (χ4n) is 2.61. The third kappa shape index (κ3) is 3.30. The Bertz CT molecular complexity index is 505. The van der Waals surface area contributed by atoms with Gasteiger partial charge in [-0.2, -0.15) is 0 Å². The summed E-state index contributed by atoms with van der Waals surface area (Å²) >= 11 is 0. The summed E-state index contributed by atoms with van der Waals surface area (Å²) in [5, 5.41) is 0. The maximum atomic E-state index is 12.5. The van der Waals surface area contributed by atoms with Gasteiger partial charge < -0.3 is 19.3 Å². The Labute approximate surface area is 123 Å². The maximum Gasteiger partial charge on any atom is 0.253 e. The molecule has 2 saturated heterocycles. The average molecular weight is 292 g/mol. The average Bonchev–Trinajstić information content (AvgIpc) is 2.55. The molecule has 1 atom stereocenters. The van der Waals surface area contributed by atoms with Gasteiger partial charge in [0.1, 0.15) is 11.6 Å². The van der Waals surface area contributed by atoms with Crippen LogP contribution in [0.25, 0.3) is 0 Å². The molecule has 0 aromatic carbocycles. The highest BCUT2D eigenvalue weighted by atomic mass is 16.5. The second-order valence-electron chi connectivity index (χ2n) is 5.21. The largest absolute Gasteiger partial charge is 0.378 e. The smallest absolute Gasteiger partial charge is 0.253 e. The highest BCUT2D eigenvalue weighted by Crippen LogP contribution is 2.16. The lowest BCUT2D eigenvalue weighted by Crippen LogP contribution is -2.53. The predicted octanol–water partition coefficient (Wildman–Crippen LogP) is -0.151. The Morgan fingerprint density at radius 3 is 2.86 bits per heavy atom. The zero-order valence-corrected chi connectivity index (χ0v) is 12.2. The minimum atomic E-state index is -0.424. The fraction of sp³-hybridized carbons (Fsp3) is 0.643. The predicted molar refractivity (Wildman–Crippen MR) is 76.1 cm³/mol. The molecule has 1 amide bonds. The van der Waals surface area contributed by atoms with E-state index in [1.165, 1.54) is 0 Å². The molecule has 2 fully saturated rings. The summed E-state index contributed by atoms with van der Waals surface area (Å²) in [6, 6.07) is 1.87. The Morgan fingerprint density at radius 2 is 2.10 bits per heavy atom. The van der Waals surface area contributed by atoms with Crippen LogP contribution in [0.2, 0.25) is 0 Å². The number of hydrogen-bond acceptors (Lipinski definition) is 6. The van der Waals surface area contributed by atoms with Crippen molar-refractivity contribution < 1.29 is 14.3 Å². The number of hydrogen-bond donors (Lipinski definition) is 0. The van der Waals surface area contributed by atoms with Gasteiger partial charge in [-0.25, -0.2) is 9.97 Å². The summed E-state index contributed by atoms with van der Waals surface area (Å²) in [5.74, 6) is 1.63. The van der Waals surface area contributed by atoms with Crippen molar-refractivity contribution in [3.63, 3.8) is 0 Å². The second-order valence-corrected chi connectivity index (χ2v) is 5.21. The Kier molecular flexibility index (Phi) is 4.31. The number of aromatic nitrogens is 2. The molecule has 0 spiro atoms. The molecular weight excluding hydrogens is 272 g/mol. The first-order chi connectivity index (χ1) is 10.2. The van der Waals surface area contributed by atoms with Gasteiger partial charge in [0.25, 0.3) is 5.91 Å². The number of aryl methyl sites for hydroxylation is 1. The van der Waals surface area contributed by atoms with Crippen LogP contribution in [-0.2, 0) is 14.3 Å². The van der Waals surface area contributed by atoms with E-state index in [1.54, 1.807) is 6.20 Å². The molecule has 0 aliphatic carbocycles. The zero-order valence-electron chi connectivity index (χ0n) is 12.2. The number of ether oxygens (including phenoxy) is 2. The van der Waals surface area contributed by atoms with E-state index in [0.29, 0.717) is 39.5 Å². The number of carbonyl (C=O) groups excluding carboxylic acids is 1. The van der Waals surface area contributed by atoms with Gasteiger partial charge in [-0.1, -0.05) is 0 Å². The normalized spacial score (nSPS) is 23.2. The standard InChI is InChI=1S/C14H20N4O3/c1-11-15-3-2-13(16-11)18-6-9-21-12(10-18)14(19)17-4-7-20-8-5-17/h2-3,12H,4-10H2,1H3. The third-order valence-corrected chi connectivity index (χ3v) is 3.75. The molecule has 1 unspecified atom stereocenters. The van der Waals surface area contributed by atoms with Crippen LogP contribution < -0.4 is 4.90 Å². The molecule has 0 radical (unpaired) electrons. The lowest BCUT2D eigenvalue weighted by molar-refractivity contribution is -0.148. The highest BCUT2D eigenvalue weighted by Gasteiger charge is 2.31. The van der Waals surface area contributed by atoms with Crippen LogP contribution in [0.15, 0.2) is 12.3 Å². The van der Waals surface area contributed by atoms with E-state index in [2.05, 4.69) is 14.9 Å². The molecule has 1 aromatic heterocycles. The Balaban J connectivity index is 1.66. The summed E-state index contributed by atoms with van der Waals surface area (Å²) in [6.07, 6.45) is 1.32. The van der Waals surface area contributed by atoms with Gasteiger partial charge >= 0.3 is 0 Å². The maximum absolute atomic E-state index is 12.5. The molecule has 7 nitrogen and oxygen atoms in total. The molecule has 2 aliphatic heterocycles. The molecule has 0 bridgehead atoms. The van der Waals surface area contributed by atoms with Crippen molar-refractivity contribution in [1.29, 1.82) is 0 Å². The number of carbonyl (C=O) groups is 1. The SMILES string of the molecule is Cc1nccc(N2CCOC(C(=O)N3CCOCC3)C2)n1. The van der Waals surface area contributed by atoms with Crippen molar-refractivity contribution >= 4 is 11.7 Å². The second kappa shape index (κ2) is 6.36. The lowest BCUT2D eigenvalue weighted by Gasteiger charge is -2.36. The third-order valence-electron chi connectivity index (χ3n) is 3.75. The molecular formula is C14H20N4O3. The van der Waals surface area contributed by atoms with Crippen LogP contribution in [0.3, 0.4) is 0 Å². The molecule has 1 aromatic rings. The van der Waals surface area contributed by atoms with E-state index >= 15 is 0 Å². The van der Waals surface area contributed by atoms with Crippen LogP contribution in [0.5, 0.6) is 0 Å². The van der Waals surface area contributed by atoms with Crippen molar-refractivity contribution in [2.24, 2.45) is 0 Å². The minimum absolute atomic E-state index is 0.0498. The van der Waals surface area contributed by atoms with Gasteiger partial charge in [0.2, 0.25) is 0 Å². The Morgan fingerprint density at radius 1 is 1.29 bits per heavy atom. The van der Waals surface area contributed by atoms with Gasteiger partial charge in [0.05, 0.1) is 26.4 Å². The van der Waals surface area contributed by atoms with Crippen molar-refractivity contribution in [3.8, 4) is 0 Å². The van der Waals surface area contributed by atoms with Crippen LogP contribution in [0.1, 0.15) is 5.82 Å². The molecule has 3 rings (SSSR count). The minimum Gasteiger partial charge on any atom is -0.378 e. The molecule has 3 heterocycles. The summed E-state index contributed by atoms with van der Waals surface area (Å²) < 4.78 is 10.9. The van der Waals surface area contributed by atoms with Crippen molar-refractivity contribution in [1.82, 2.24) is 14.9 Å². The number of amides is 1. The quantitative estimate of drug-likeness (QED) is 0.755. The van der Waals surface area contributed by atoms with Gasteiger partial charge in [-0.3, -0.25) is 4.79 Å². The summed E-state index contributed by atoms with van der Waals surface area (Å²) in [4.78, 5) is 24.9. The van der Waals surface area contributed by atoms with Gasteiger partial charge in [0, 0.05) is 25.8 Å². The molecule has 0 saturated carbocycles. The van der Waals surface area contributed by atoms with Gasteiger partial charge in [0.15, 0.2) is 6.10 Å². The number of nitrogens with zero attached hydrogens (tertiary/aromatic N) is 4. The van der Waals surface area contributed by atoms with Crippen molar-refractivity contribution in [2.75, 3.05) is 50.9 Å². The first kappa shape index (κ1) is 14.2. The van der Waals surface area contributed by atoms with E-state index in [4.69, 9.17) is 9.47 Å². The Hall–Kier alpha value is -1.73. The van der Waals surface area contributed by atoms with Crippen LogP contribution in [-0.4, -0.2) is 72.9 Å². The van der Waals surface area contributed by atoms with Crippen LogP contribution in [0.4, 0.5) is 5.82 Å². The monoisotopic (exact) mass is 292 g/mol. The topological polar surface area (TPSA) is 67.8 Å². The zero-order chi connectivity index (χ0) is 14.7. The van der Waals surface area contributed by atoms with Crippen LogP contribution in [0, 0.1) is 6.92 Å². The molecule has 7 heteroatoms. The summed E-state index contributed by atoms with van der Waals surface area (Å²) in [5.41, 5.74) is 0. The first-order valence-corrected chi connectivity index (χ1v) is 7.27. The molecule has 2 aliphatic rings. The molecule has 21 heavy (non-hydrogen) atoms. The summed E-state index contributed by atoms with van der Waals surface area (Å²) in [7, 11) is 0. The molecule has 0 N–H and O–H groups in total. The number of rotatable bonds is 2. The van der Waals surface area contributed by atoms with Crippen LogP contribution >= 0.6 is 0 Å². The van der Waals surface area contributed by atoms with E-state index in [1.807, 2.05) is 17.9 Å². The highest BCUT2D eigenvalue weighted by molar-refractivity contribution is 5.82. The van der Waals surface area contributed by atoms with Crippen molar-refractivity contribution in [3.05, 3.63) is 18.1 Å². The van der Waals surface area contributed by atoms with E-state index < -0.39 is 6.10 Å². The van der Waals surface area contributed by atoms with E-state index in [0.717, 1.165) is 18.2 Å². The number of morpholine rings is 2. The van der Waals surface area contributed by atoms with E-state index in [-0.39, 0.29) is 5.91 Å². The van der Waals surface area contributed by atoms with E-state index in [9.17, 15) is 4.79 Å². The number of anilines is 1. The summed E-state index contributed by atoms with van der Waals surface area (Å²) in [6.45, 7) is 6.16. The van der Waals surface area contributed by atoms with Gasteiger partial charge in [-0.05, 0) is 13.0 Å². The van der Waals surface area contributed by atoms with Gasteiger partial charge in [-0.15, -0.1) is 0 Å². The first-order valence-electron chi connectivity index (χ1n) is 7.27. The molecule has 114 valence electrons. The fourth-order valence-corrected chi connectivity index (χ4v) is 2.61.